The Hall–Kier alpha value is -1.46. The van der Waals surface area contributed by atoms with Crippen LogP contribution in [0.3, 0.4) is 0 Å². The molecule has 0 aliphatic carbocycles. The molecule has 1 unspecified atom stereocenters. The van der Waals surface area contributed by atoms with Crippen LogP contribution < -0.4 is 10.7 Å². The van der Waals surface area contributed by atoms with Gasteiger partial charge in [-0.25, -0.2) is 14.4 Å². The molecule has 2 N–H and O–H groups in total. The predicted molar refractivity (Wildman–Crippen MR) is 63.7 cm³/mol. The minimum Gasteiger partial charge on any atom is -0.329 e. The Bertz CT molecular complexity index is 407. The van der Waals surface area contributed by atoms with Crippen LogP contribution in [-0.4, -0.2) is 30.0 Å². The number of amides is 1. The Kier molecular flexibility index (Phi) is 3.40. The number of anilines is 1. The Labute approximate surface area is 99.8 Å². The van der Waals surface area contributed by atoms with E-state index in [0.29, 0.717) is 25.2 Å². The predicted octanol–water partition coefficient (Wildman–Crippen LogP) is 1.13. The summed E-state index contributed by atoms with van der Waals surface area (Å²) in [5.74, 6) is -0.282. The monoisotopic (exact) mass is 237 g/mol. The van der Waals surface area contributed by atoms with Gasteiger partial charge in [0.25, 0.3) is 0 Å². The molecule has 0 saturated carbocycles. The van der Waals surface area contributed by atoms with E-state index in [9.17, 15) is 9.18 Å². The molecule has 1 aromatic carbocycles. The number of carbonyl (C=O) groups excluding carboxylic acids is 1. The first-order valence-corrected chi connectivity index (χ1v) is 5.68. The van der Waals surface area contributed by atoms with Gasteiger partial charge in [-0.05, 0) is 31.2 Å². The molecule has 1 amide bonds. The largest absolute Gasteiger partial charge is 0.329 e. The van der Waals surface area contributed by atoms with Gasteiger partial charge in [0, 0.05) is 25.6 Å². The molecule has 1 aromatic rings. The molecular formula is C12H16FN3O. The first kappa shape index (κ1) is 12.0. The Morgan fingerprint density at radius 1 is 1.41 bits per heavy atom. The van der Waals surface area contributed by atoms with Crippen LogP contribution in [0.1, 0.15) is 13.3 Å². The summed E-state index contributed by atoms with van der Waals surface area (Å²) >= 11 is 0. The highest BCUT2D eigenvalue weighted by atomic mass is 19.1. The van der Waals surface area contributed by atoms with Crippen LogP contribution in [-0.2, 0) is 4.79 Å². The zero-order valence-corrected chi connectivity index (χ0v) is 9.77. The molecule has 4 nitrogen and oxygen atoms in total. The summed E-state index contributed by atoms with van der Waals surface area (Å²) in [6.45, 7) is 3.11. The van der Waals surface area contributed by atoms with E-state index in [-0.39, 0.29) is 17.8 Å². The van der Waals surface area contributed by atoms with Crippen molar-refractivity contribution < 1.29 is 9.18 Å². The number of hydrogen-bond donors (Lipinski definition) is 1. The van der Waals surface area contributed by atoms with Crippen LogP contribution in [0, 0.1) is 5.82 Å². The number of rotatable bonds is 3. The molecule has 1 atom stereocenters. The lowest BCUT2D eigenvalue weighted by molar-refractivity contribution is -0.118. The summed E-state index contributed by atoms with van der Waals surface area (Å²) in [5, 5.41) is 3.52. The summed E-state index contributed by atoms with van der Waals surface area (Å²) in [4.78, 5) is 11.8. The number of nitrogens with zero attached hydrogens (tertiary/aromatic N) is 2. The SMILES string of the molecule is CC(CN)N1CCC(=O)N1c1ccc(F)cc1. The van der Waals surface area contributed by atoms with Crippen LogP contribution in [0.15, 0.2) is 24.3 Å². The first-order valence-electron chi connectivity index (χ1n) is 5.68. The fourth-order valence-electron chi connectivity index (χ4n) is 1.97. The quantitative estimate of drug-likeness (QED) is 0.857. The molecular weight excluding hydrogens is 221 g/mol. The molecule has 1 aliphatic rings. The van der Waals surface area contributed by atoms with Gasteiger partial charge in [-0.2, -0.15) is 0 Å². The number of carbonyl (C=O) groups is 1. The van der Waals surface area contributed by atoms with Gasteiger partial charge in [0.2, 0.25) is 5.91 Å². The lowest BCUT2D eigenvalue weighted by atomic mass is 10.3. The Balaban J connectivity index is 2.27. The number of nitrogens with two attached hydrogens (primary N) is 1. The van der Waals surface area contributed by atoms with Crippen molar-refractivity contribution >= 4 is 11.6 Å². The van der Waals surface area contributed by atoms with Crippen LogP contribution >= 0.6 is 0 Å². The maximum absolute atomic E-state index is 12.9. The van der Waals surface area contributed by atoms with Gasteiger partial charge in [-0.1, -0.05) is 0 Å². The second kappa shape index (κ2) is 4.81. The van der Waals surface area contributed by atoms with E-state index >= 15 is 0 Å². The zero-order valence-electron chi connectivity index (χ0n) is 9.77. The third-order valence-corrected chi connectivity index (χ3v) is 2.97. The lowest BCUT2D eigenvalue weighted by Crippen LogP contribution is -2.47. The van der Waals surface area contributed by atoms with Gasteiger partial charge in [0.1, 0.15) is 5.82 Å². The van der Waals surface area contributed by atoms with Crippen molar-refractivity contribution in [3.63, 3.8) is 0 Å². The van der Waals surface area contributed by atoms with Crippen molar-refractivity contribution in [2.45, 2.75) is 19.4 Å². The second-order valence-electron chi connectivity index (χ2n) is 4.18. The molecule has 1 saturated heterocycles. The van der Waals surface area contributed by atoms with Crippen LogP contribution in [0.4, 0.5) is 10.1 Å². The lowest BCUT2D eigenvalue weighted by Gasteiger charge is -2.32. The molecule has 17 heavy (non-hydrogen) atoms. The van der Waals surface area contributed by atoms with Gasteiger partial charge >= 0.3 is 0 Å². The molecule has 92 valence electrons. The molecule has 0 radical (unpaired) electrons. The summed E-state index contributed by atoms with van der Waals surface area (Å²) in [7, 11) is 0. The number of hydrogen-bond acceptors (Lipinski definition) is 3. The summed E-state index contributed by atoms with van der Waals surface area (Å²) in [6.07, 6.45) is 0.474. The number of benzene rings is 1. The highest BCUT2D eigenvalue weighted by Gasteiger charge is 2.32. The molecule has 0 bridgehead atoms. The second-order valence-corrected chi connectivity index (χ2v) is 4.18. The number of hydrazine groups is 1. The van der Waals surface area contributed by atoms with Crippen molar-refractivity contribution in [1.82, 2.24) is 5.01 Å². The van der Waals surface area contributed by atoms with E-state index in [1.54, 1.807) is 17.1 Å². The zero-order chi connectivity index (χ0) is 12.4. The Morgan fingerprint density at radius 3 is 2.65 bits per heavy atom. The fraction of sp³-hybridized carbons (Fsp3) is 0.417. The van der Waals surface area contributed by atoms with Crippen molar-refractivity contribution in [3.8, 4) is 0 Å². The standard InChI is InChI=1S/C12H16FN3O/c1-9(8-14)15-7-6-12(17)16(15)11-4-2-10(13)3-5-11/h2-5,9H,6-8,14H2,1H3. The van der Waals surface area contributed by atoms with E-state index < -0.39 is 0 Å². The van der Waals surface area contributed by atoms with Crippen LogP contribution in [0.5, 0.6) is 0 Å². The minimum atomic E-state index is -0.307. The van der Waals surface area contributed by atoms with Crippen molar-refractivity contribution in [3.05, 3.63) is 30.1 Å². The van der Waals surface area contributed by atoms with Gasteiger partial charge < -0.3 is 5.73 Å². The van der Waals surface area contributed by atoms with Gasteiger partial charge in [-0.3, -0.25) is 4.79 Å². The van der Waals surface area contributed by atoms with Crippen molar-refractivity contribution in [2.75, 3.05) is 18.1 Å². The highest BCUT2D eigenvalue weighted by Crippen LogP contribution is 2.24. The van der Waals surface area contributed by atoms with Crippen LogP contribution in [0.2, 0.25) is 0 Å². The maximum atomic E-state index is 12.9. The molecule has 1 aliphatic heterocycles. The number of halogens is 1. The van der Waals surface area contributed by atoms with E-state index in [1.807, 2.05) is 11.9 Å². The maximum Gasteiger partial charge on any atom is 0.242 e. The van der Waals surface area contributed by atoms with Crippen molar-refractivity contribution in [2.24, 2.45) is 5.73 Å². The smallest absolute Gasteiger partial charge is 0.242 e. The van der Waals surface area contributed by atoms with E-state index in [2.05, 4.69) is 0 Å². The van der Waals surface area contributed by atoms with Crippen LogP contribution in [0.25, 0.3) is 0 Å². The van der Waals surface area contributed by atoms with Crippen molar-refractivity contribution in [1.29, 1.82) is 0 Å². The summed E-state index contributed by atoms with van der Waals surface area (Å²) in [5.41, 5.74) is 6.31. The molecule has 2 rings (SSSR count). The normalized spacial score (nSPS) is 18.8. The fourth-order valence-corrected chi connectivity index (χ4v) is 1.97. The third-order valence-electron chi connectivity index (χ3n) is 2.97. The van der Waals surface area contributed by atoms with Gasteiger partial charge in [0.15, 0.2) is 0 Å². The highest BCUT2D eigenvalue weighted by molar-refractivity contribution is 5.94. The summed E-state index contributed by atoms with van der Waals surface area (Å²) in [6, 6.07) is 6.01. The molecule has 5 heteroatoms. The van der Waals surface area contributed by atoms with E-state index in [4.69, 9.17) is 5.73 Å². The molecule has 0 spiro atoms. The molecule has 0 aromatic heterocycles. The van der Waals surface area contributed by atoms with Gasteiger partial charge in [-0.15, -0.1) is 0 Å². The first-order chi connectivity index (χ1) is 8.13. The molecule has 1 fully saturated rings. The van der Waals surface area contributed by atoms with E-state index in [1.165, 1.54) is 12.1 Å². The van der Waals surface area contributed by atoms with E-state index in [0.717, 1.165) is 0 Å². The third kappa shape index (κ3) is 2.30. The Morgan fingerprint density at radius 2 is 2.06 bits per heavy atom. The minimum absolute atomic E-state index is 0.0249. The average Bonchev–Trinajstić information content (AvgIpc) is 2.71. The average molecular weight is 237 g/mol. The van der Waals surface area contributed by atoms with Gasteiger partial charge in [0.05, 0.1) is 5.69 Å². The molecule has 1 heterocycles. The topological polar surface area (TPSA) is 49.6 Å². The summed E-state index contributed by atoms with van der Waals surface area (Å²) < 4.78 is 12.9.